The van der Waals surface area contributed by atoms with Crippen molar-refractivity contribution in [3.63, 3.8) is 0 Å². The molecule has 0 aliphatic carbocycles. The van der Waals surface area contributed by atoms with E-state index in [2.05, 4.69) is 4.98 Å². The lowest BCUT2D eigenvalue weighted by Crippen LogP contribution is -2.31. The van der Waals surface area contributed by atoms with Crippen LogP contribution in [0.4, 0.5) is 0 Å². The van der Waals surface area contributed by atoms with E-state index in [-0.39, 0.29) is 5.56 Å². The van der Waals surface area contributed by atoms with Gasteiger partial charge in [0.15, 0.2) is 5.79 Å². The monoisotopic (exact) mass is 363 g/mol. The van der Waals surface area contributed by atoms with Crippen LogP contribution in [0, 0.1) is 6.92 Å². The summed E-state index contributed by atoms with van der Waals surface area (Å²) >= 11 is 0. The zero-order valence-electron chi connectivity index (χ0n) is 15.3. The Morgan fingerprint density at radius 2 is 1.96 bits per heavy atom. The van der Waals surface area contributed by atoms with Crippen LogP contribution in [0.25, 0.3) is 22.2 Å². The first-order chi connectivity index (χ1) is 13.1. The highest BCUT2D eigenvalue weighted by molar-refractivity contribution is 5.83. The summed E-state index contributed by atoms with van der Waals surface area (Å²) in [5.74, 6) is 0.251. The van der Waals surface area contributed by atoms with Crippen molar-refractivity contribution in [1.82, 2.24) is 14.5 Å². The molecule has 2 aliphatic rings. The van der Waals surface area contributed by atoms with Crippen LogP contribution in [0.1, 0.15) is 24.2 Å². The molecule has 6 heteroatoms. The van der Waals surface area contributed by atoms with Crippen molar-refractivity contribution in [3.05, 3.63) is 58.3 Å². The van der Waals surface area contributed by atoms with Crippen molar-refractivity contribution in [2.75, 3.05) is 13.2 Å². The van der Waals surface area contributed by atoms with Crippen molar-refractivity contribution in [3.8, 4) is 11.3 Å². The second kappa shape index (κ2) is 6.25. The van der Waals surface area contributed by atoms with Crippen molar-refractivity contribution in [2.24, 2.45) is 0 Å². The molecule has 1 saturated heterocycles. The second-order valence-electron chi connectivity index (χ2n) is 7.29. The molecule has 6 nitrogen and oxygen atoms in total. The Labute approximate surface area is 156 Å². The molecule has 3 aromatic rings. The first-order valence-corrected chi connectivity index (χ1v) is 9.38. The van der Waals surface area contributed by atoms with Gasteiger partial charge in [-0.3, -0.25) is 14.3 Å². The topological polar surface area (TPSA) is 66.2 Å². The number of rotatable bonds is 1. The van der Waals surface area contributed by atoms with Gasteiger partial charge in [0, 0.05) is 37.6 Å². The fraction of sp³-hybridized carbons (Fsp3) is 0.381. The number of aromatic nitrogens is 3. The standard InChI is InChI=1S/C21H21N3O3/c1-14-5-8-22-17(12-14)15-2-3-16-18(13-15)23-19-4-6-21(26-10-11-27-21)7-9-24(19)20(16)25/h2-3,5,8,12-13H,4,6-7,9-11H2,1H3. The predicted octanol–water partition coefficient (Wildman–Crippen LogP) is 2.85. The van der Waals surface area contributed by atoms with Gasteiger partial charge >= 0.3 is 0 Å². The van der Waals surface area contributed by atoms with E-state index in [0.29, 0.717) is 38.0 Å². The van der Waals surface area contributed by atoms with Gasteiger partial charge in [0.05, 0.1) is 29.8 Å². The first kappa shape index (κ1) is 16.6. The number of fused-ring (bicyclic) bond motifs is 2. The molecule has 2 aromatic heterocycles. The third-order valence-corrected chi connectivity index (χ3v) is 5.50. The molecule has 2 aliphatic heterocycles. The fourth-order valence-electron chi connectivity index (χ4n) is 4.04. The van der Waals surface area contributed by atoms with E-state index in [1.165, 1.54) is 0 Å². The summed E-state index contributed by atoms with van der Waals surface area (Å²) in [4.78, 5) is 22.3. The third kappa shape index (κ3) is 2.85. The fourth-order valence-corrected chi connectivity index (χ4v) is 4.04. The van der Waals surface area contributed by atoms with Gasteiger partial charge in [0.25, 0.3) is 5.56 Å². The number of benzene rings is 1. The molecular weight excluding hydrogens is 342 g/mol. The molecule has 1 spiro atoms. The van der Waals surface area contributed by atoms with Crippen LogP contribution in [0.3, 0.4) is 0 Å². The Hall–Kier alpha value is -2.57. The SMILES string of the molecule is Cc1ccnc(-c2ccc3c(=O)n4c(nc3c2)CCC2(CC4)OCCO2)c1. The number of hydrogen-bond donors (Lipinski definition) is 0. The molecule has 0 saturated carbocycles. The number of pyridine rings is 1. The van der Waals surface area contributed by atoms with Crippen molar-refractivity contribution < 1.29 is 9.47 Å². The summed E-state index contributed by atoms with van der Waals surface area (Å²) in [5.41, 5.74) is 3.73. The van der Waals surface area contributed by atoms with Gasteiger partial charge in [-0.15, -0.1) is 0 Å². The molecule has 0 unspecified atom stereocenters. The van der Waals surface area contributed by atoms with Crippen LogP contribution in [0.15, 0.2) is 41.3 Å². The lowest BCUT2D eigenvalue weighted by atomic mass is 10.1. The normalized spacial score (nSPS) is 18.6. The van der Waals surface area contributed by atoms with E-state index < -0.39 is 5.79 Å². The minimum absolute atomic E-state index is 0.00815. The highest BCUT2D eigenvalue weighted by Gasteiger charge is 2.38. The Morgan fingerprint density at radius 3 is 2.78 bits per heavy atom. The van der Waals surface area contributed by atoms with E-state index in [9.17, 15) is 4.79 Å². The highest BCUT2D eigenvalue weighted by Crippen LogP contribution is 2.32. The Balaban J connectivity index is 1.59. The molecule has 1 aromatic carbocycles. The van der Waals surface area contributed by atoms with Gasteiger partial charge in [-0.25, -0.2) is 4.98 Å². The number of nitrogens with zero attached hydrogens (tertiary/aromatic N) is 3. The molecule has 4 heterocycles. The van der Waals surface area contributed by atoms with Crippen molar-refractivity contribution in [2.45, 2.75) is 38.5 Å². The van der Waals surface area contributed by atoms with Gasteiger partial charge < -0.3 is 9.47 Å². The van der Waals surface area contributed by atoms with Gasteiger partial charge in [-0.2, -0.15) is 0 Å². The second-order valence-corrected chi connectivity index (χ2v) is 7.29. The van der Waals surface area contributed by atoms with Crippen LogP contribution in [-0.4, -0.2) is 33.5 Å². The van der Waals surface area contributed by atoms with Crippen molar-refractivity contribution >= 4 is 10.9 Å². The average molecular weight is 363 g/mol. The van der Waals surface area contributed by atoms with Crippen LogP contribution in [0.5, 0.6) is 0 Å². The highest BCUT2D eigenvalue weighted by atomic mass is 16.7. The van der Waals surface area contributed by atoms with Gasteiger partial charge in [-0.1, -0.05) is 6.07 Å². The molecule has 0 radical (unpaired) electrons. The maximum atomic E-state index is 13.1. The Morgan fingerprint density at radius 1 is 1.11 bits per heavy atom. The molecule has 1 fully saturated rings. The molecular formula is C21H21N3O3. The summed E-state index contributed by atoms with van der Waals surface area (Å²) in [6.07, 6.45) is 3.87. The van der Waals surface area contributed by atoms with E-state index in [4.69, 9.17) is 14.5 Å². The lowest BCUT2D eigenvalue weighted by molar-refractivity contribution is -0.165. The summed E-state index contributed by atoms with van der Waals surface area (Å²) in [6.45, 7) is 3.85. The zero-order chi connectivity index (χ0) is 18.4. The van der Waals surface area contributed by atoms with E-state index in [1.54, 1.807) is 10.8 Å². The smallest absolute Gasteiger partial charge is 0.261 e. The summed E-state index contributed by atoms with van der Waals surface area (Å²) in [5, 5.41) is 0.638. The quantitative estimate of drug-likeness (QED) is 0.665. The maximum absolute atomic E-state index is 13.1. The summed E-state index contributed by atoms with van der Waals surface area (Å²) in [7, 11) is 0. The van der Waals surface area contributed by atoms with Crippen LogP contribution in [0.2, 0.25) is 0 Å². The Kier molecular flexibility index (Phi) is 3.84. The van der Waals surface area contributed by atoms with Crippen LogP contribution >= 0.6 is 0 Å². The largest absolute Gasteiger partial charge is 0.347 e. The summed E-state index contributed by atoms with van der Waals surface area (Å²) in [6, 6.07) is 9.78. The maximum Gasteiger partial charge on any atom is 0.261 e. The zero-order valence-corrected chi connectivity index (χ0v) is 15.3. The van der Waals surface area contributed by atoms with Gasteiger partial charge in [-0.05, 0) is 36.8 Å². The average Bonchev–Trinajstić information content (AvgIpc) is 3.06. The first-order valence-electron chi connectivity index (χ1n) is 9.38. The minimum Gasteiger partial charge on any atom is -0.347 e. The number of aryl methyl sites for hydroxylation is 2. The van der Waals surface area contributed by atoms with Gasteiger partial charge in [0.1, 0.15) is 5.82 Å². The summed E-state index contributed by atoms with van der Waals surface area (Å²) < 4.78 is 13.5. The van der Waals surface area contributed by atoms with Crippen molar-refractivity contribution in [1.29, 1.82) is 0 Å². The molecule has 5 rings (SSSR count). The molecule has 0 atom stereocenters. The lowest BCUT2D eigenvalue weighted by Gasteiger charge is -2.24. The van der Waals surface area contributed by atoms with E-state index in [1.807, 2.05) is 37.3 Å². The number of ether oxygens (including phenoxy) is 2. The van der Waals surface area contributed by atoms with Crippen LogP contribution < -0.4 is 5.56 Å². The van der Waals surface area contributed by atoms with E-state index >= 15 is 0 Å². The number of hydrogen-bond acceptors (Lipinski definition) is 5. The molecule has 138 valence electrons. The third-order valence-electron chi connectivity index (χ3n) is 5.50. The van der Waals surface area contributed by atoms with Gasteiger partial charge in [0.2, 0.25) is 0 Å². The van der Waals surface area contributed by atoms with E-state index in [0.717, 1.165) is 34.6 Å². The van der Waals surface area contributed by atoms with Crippen LogP contribution in [-0.2, 0) is 22.4 Å². The Bertz CT molecular complexity index is 1080. The molecule has 27 heavy (non-hydrogen) atoms. The molecule has 0 amide bonds. The predicted molar refractivity (Wildman–Crippen MR) is 102 cm³/mol. The minimum atomic E-state index is -0.553. The molecule has 0 bridgehead atoms. The molecule has 0 N–H and O–H groups in total.